The largest absolute Gasteiger partial charge is 0.343 e. The molecule has 4 amide bonds. The quantitative estimate of drug-likeness (QED) is 0.593. The molecule has 7 heteroatoms. The molecule has 1 aromatic rings. The minimum atomic E-state index is -0.327. The molecule has 4 rings (SSSR count). The number of carbonyl (C=O) groups is 2. The van der Waals surface area contributed by atoms with Crippen molar-refractivity contribution in [2.75, 3.05) is 0 Å². The van der Waals surface area contributed by atoms with Crippen LogP contribution >= 0.6 is 11.8 Å². The van der Waals surface area contributed by atoms with Gasteiger partial charge in [0.05, 0.1) is 11.3 Å². The fraction of sp³-hybridized carbons (Fsp3) is 0.640. The number of nitrogens with one attached hydrogen (secondary N) is 2. The Morgan fingerprint density at radius 3 is 2.06 bits per heavy atom. The maximum Gasteiger partial charge on any atom is 0.343 e. The van der Waals surface area contributed by atoms with Crippen LogP contribution in [0.15, 0.2) is 29.3 Å². The minimum Gasteiger partial charge on any atom is -0.335 e. The number of hydrogen-bond acceptors (Lipinski definition) is 3. The maximum atomic E-state index is 13.3. The standard InChI is InChI=1S/C25H36N4O2S/c1-17-13-15-19(16-14-17)22-18(2)29(24(31)27-21-11-7-4-8-12-21)25(32-22)28-23(30)26-20-9-5-3-6-10-20/h13-16,18,20-22H,3-12H2,1-2H3,(H,26,30)(H,27,31)/b28-25+. The molecule has 2 unspecified atom stereocenters. The van der Waals surface area contributed by atoms with E-state index in [0.717, 1.165) is 56.9 Å². The van der Waals surface area contributed by atoms with Crippen LogP contribution in [0.25, 0.3) is 0 Å². The molecule has 2 saturated carbocycles. The van der Waals surface area contributed by atoms with Crippen LogP contribution in [-0.2, 0) is 0 Å². The first-order chi connectivity index (χ1) is 15.5. The van der Waals surface area contributed by atoms with Crippen LogP contribution in [0.2, 0.25) is 0 Å². The summed E-state index contributed by atoms with van der Waals surface area (Å²) < 4.78 is 0. The molecule has 0 aromatic heterocycles. The lowest BCUT2D eigenvalue weighted by atomic mass is 9.96. The Labute approximate surface area is 196 Å². The van der Waals surface area contributed by atoms with Gasteiger partial charge in [0.1, 0.15) is 0 Å². The summed E-state index contributed by atoms with van der Waals surface area (Å²) in [4.78, 5) is 32.2. The Balaban J connectivity index is 1.52. The predicted octanol–water partition coefficient (Wildman–Crippen LogP) is 5.91. The van der Waals surface area contributed by atoms with Crippen LogP contribution < -0.4 is 10.6 Å². The van der Waals surface area contributed by atoms with Crippen molar-refractivity contribution in [1.29, 1.82) is 0 Å². The zero-order valence-electron chi connectivity index (χ0n) is 19.3. The highest BCUT2D eigenvalue weighted by atomic mass is 32.2. The summed E-state index contributed by atoms with van der Waals surface area (Å²) in [5.41, 5.74) is 2.36. The minimum absolute atomic E-state index is 0.0499. The van der Waals surface area contributed by atoms with E-state index < -0.39 is 0 Å². The number of nitrogens with zero attached hydrogens (tertiary/aromatic N) is 2. The fourth-order valence-corrected chi connectivity index (χ4v) is 6.40. The van der Waals surface area contributed by atoms with Crippen LogP contribution in [0.3, 0.4) is 0 Å². The molecular weight excluding hydrogens is 420 g/mol. The summed E-state index contributed by atoms with van der Waals surface area (Å²) in [6, 6.07) is 8.29. The lowest BCUT2D eigenvalue weighted by Crippen LogP contribution is -2.49. The van der Waals surface area contributed by atoms with Crippen molar-refractivity contribution in [3.63, 3.8) is 0 Å². The molecular formula is C25H36N4O2S. The zero-order chi connectivity index (χ0) is 22.5. The van der Waals surface area contributed by atoms with Gasteiger partial charge in [0, 0.05) is 12.1 Å². The topological polar surface area (TPSA) is 73.8 Å². The number of thioether (sulfide) groups is 1. The molecule has 3 fully saturated rings. The van der Waals surface area contributed by atoms with Gasteiger partial charge in [-0.3, -0.25) is 4.90 Å². The van der Waals surface area contributed by atoms with Crippen molar-refractivity contribution in [2.24, 2.45) is 4.99 Å². The smallest absolute Gasteiger partial charge is 0.335 e. The van der Waals surface area contributed by atoms with E-state index >= 15 is 0 Å². The van der Waals surface area contributed by atoms with Gasteiger partial charge in [0.2, 0.25) is 0 Å². The molecule has 2 aliphatic carbocycles. The van der Waals surface area contributed by atoms with Gasteiger partial charge in [0.15, 0.2) is 5.17 Å². The highest BCUT2D eigenvalue weighted by Crippen LogP contribution is 2.43. The van der Waals surface area contributed by atoms with E-state index in [-0.39, 0.29) is 35.4 Å². The second kappa shape index (κ2) is 10.7. The zero-order valence-corrected chi connectivity index (χ0v) is 20.1. The van der Waals surface area contributed by atoms with E-state index in [1.165, 1.54) is 30.2 Å². The highest BCUT2D eigenvalue weighted by molar-refractivity contribution is 8.14. The van der Waals surface area contributed by atoms with Crippen LogP contribution in [0, 0.1) is 6.92 Å². The molecule has 174 valence electrons. The summed E-state index contributed by atoms with van der Waals surface area (Å²) in [6.45, 7) is 4.13. The van der Waals surface area contributed by atoms with Gasteiger partial charge < -0.3 is 10.6 Å². The van der Waals surface area contributed by atoms with Crippen molar-refractivity contribution >= 4 is 29.0 Å². The molecule has 2 atom stereocenters. The normalized spacial score (nSPS) is 26.3. The van der Waals surface area contributed by atoms with Crippen molar-refractivity contribution in [2.45, 2.75) is 101 Å². The van der Waals surface area contributed by atoms with Crippen LogP contribution in [0.5, 0.6) is 0 Å². The number of amides is 4. The third-order valence-corrected chi connectivity index (χ3v) is 8.39. The Morgan fingerprint density at radius 1 is 0.906 bits per heavy atom. The van der Waals surface area contributed by atoms with E-state index in [4.69, 9.17) is 0 Å². The predicted molar refractivity (Wildman–Crippen MR) is 131 cm³/mol. The van der Waals surface area contributed by atoms with Gasteiger partial charge in [-0.1, -0.05) is 80.1 Å². The average Bonchev–Trinajstić information content (AvgIpc) is 3.11. The summed E-state index contributed by atoms with van der Waals surface area (Å²) in [6.07, 6.45) is 11.2. The number of benzene rings is 1. The molecule has 3 aliphatic rings. The van der Waals surface area contributed by atoms with Gasteiger partial charge in [-0.25, -0.2) is 9.59 Å². The molecule has 6 nitrogen and oxygen atoms in total. The number of amidine groups is 1. The Morgan fingerprint density at radius 2 is 1.47 bits per heavy atom. The van der Waals surface area contributed by atoms with Gasteiger partial charge in [-0.05, 0) is 45.1 Å². The number of aliphatic imine (C=N–C) groups is 1. The second-order valence-corrected chi connectivity index (χ2v) is 10.6. The first-order valence-corrected chi connectivity index (χ1v) is 13.1. The number of urea groups is 2. The van der Waals surface area contributed by atoms with Crippen molar-refractivity contribution in [3.05, 3.63) is 35.4 Å². The molecule has 0 bridgehead atoms. The number of aryl methyl sites for hydroxylation is 1. The Hall–Kier alpha value is -2.02. The molecule has 2 N–H and O–H groups in total. The molecule has 1 saturated heterocycles. The van der Waals surface area contributed by atoms with Crippen molar-refractivity contribution in [1.82, 2.24) is 15.5 Å². The molecule has 0 spiro atoms. The summed E-state index contributed by atoms with van der Waals surface area (Å²) in [5, 5.41) is 6.84. The third kappa shape index (κ3) is 5.66. The van der Waals surface area contributed by atoms with Gasteiger partial charge in [0.25, 0.3) is 0 Å². The van der Waals surface area contributed by atoms with E-state index in [2.05, 4.69) is 53.7 Å². The monoisotopic (exact) mass is 456 g/mol. The first-order valence-electron chi connectivity index (χ1n) is 12.2. The van der Waals surface area contributed by atoms with Crippen molar-refractivity contribution < 1.29 is 9.59 Å². The van der Waals surface area contributed by atoms with Crippen LogP contribution in [0.4, 0.5) is 9.59 Å². The van der Waals surface area contributed by atoms with E-state index in [1.807, 2.05) is 0 Å². The number of hydrogen-bond donors (Lipinski definition) is 2. The SMILES string of the molecule is Cc1ccc(C2S/C(=N/C(=O)NC3CCCCC3)N(C(=O)NC3CCCCC3)C2C)cc1. The van der Waals surface area contributed by atoms with E-state index in [0.29, 0.717) is 5.17 Å². The average molecular weight is 457 g/mol. The molecule has 0 radical (unpaired) electrons. The van der Waals surface area contributed by atoms with E-state index in [9.17, 15) is 9.59 Å². The highest BCUT2D eigenvalue weighted by Gasteiger charge is 2.42. The van der Waals surface area contributed by atoms with Crippen LogP contribution in [-0.4, -0.2) is 40.3 Å². The Kier molecular flexibility index (Phi) is 7.76. The van der Waals surface area contributed by atoms with Gasteiger partial charge in [-0.15, -0.1) is 0 Å². The summed E-state index contributed by atoms with van der Waals surface area (Å²) >= 11 is 1.52. The lowest BCUT2D eigenvalue weighted by Gasteiger charge is -2.28. The second-order valence-electron chi connectivity index (χ2n) is 9.52. The van der Waals surface area contributed by atoms with Gasteiger partial charge in [-0.2, -0.15) is 4.99 Å². The van der Waals surface area contributed by atoms with Gasteiger partial charge >= 0.3 is 12.1 Å². The first kappa shape index (κ1) is 23.1. The molecule has 32 heavy (non-hydrogen) atoms. The van der Waals surface area contributed by atoms with Crippen molar-refractivity contribution in [3.8, 4) is 0 Å². The Bertz CT molecular complexity index is 829. The van der Waals surface area contributed by atoms with E-state index in [1.54, 1.807) is 4.90 Å². The molecule has 1 aromatic carbocycles. The summed E-state index contributed by atoms with van der Waals surface area (Å²) in [5.74, 6) is 0. The fourth-order valence-electron chi connectivity index (χ4n) is 5.06. The maximum absolute atomic E-state index is 13.3. The number of carbonyl (C=O) groups excluding carboxylic acids is 2. The van der Waals surface area contributed by atoms with Crippen LogP contribution in [0.1, 0.15) is 87.5 Å². The molecule has 1 heterocycles. The number of rotatable bonds is 3. The lowest BCUT2D eigenvalue weighted by molar-refractivity contribution is 0.204. The molecule has 1 aliphatic heterocycles. The third-order valence-electron chi connectivity index (χ3n) is 6.97. The summed E-state index contributed by atoms with van der Waals surface area (Å²) in [7, 11) is 0.